The van der Waals surface area contributed by atoms with Crippen LogP contribution >= 0.6 is 0 Å². The first-order valence-corrected chi connectivity index (χ1v) is 8.91. The number of carbonyl (C=O) groups excluding carboxylic acids is 3. The molecule has 1 N–H and O–H groups in total. The van der Waals surface area contributed by atoms with E-state index in [2.05, 4.69) is 14.8 Å². The quantitative estimate of drug-likeness (QED) is 0.564. The largest absolute Gasteiger partial charge is 0.466 e. The van der Waals surface area contributed by atoms with Gasteiger partial charge in [-0.2, -0.15) is 13.2 Å². The van der Waals surface area contributed by atoms with E-state index in [0.29, 0.717) is 32.2 Å². The van der Waals surface area contributed by atoms with Gasteiger partial charge in [0, 0.05) is 31.9 Å². The molecule has 1 heterocycles. The number of nitrogens with zero attached hydrogens (tertiary/aromatic N) is 2. The number of rotatable bonds is 5. The van der Waals surface area contributed by atoms with Gasteiger partial charge >= 0.3 is 18.1 Å². The molecular weight excluding hydrogens is 407 g/mol. The number of alkyl halides is 3. The minimum atomic E-state index is -4.81. The molecule has 0 unspecified atom stereocenters. The molecule has 1 aliphatic heterocycles. The Morgan fingerprint density at radius 3 is 2.23 bits per heavy atom. The number of amides is 1. The summed E-state index contributed by atoms with van der Waals surface area (Å²) in [7, 11) is 3.99. The van der Waals surface area contributed by atoms with E-state index in [-0.39, 0.29) is 5.69 Å². The zero-order valence-corrected chi connectivity index (χ0v) is 16.7. The zero-order chi connectivity index (χ0) is 22.5. The van der Waals surface area contributed by atoms with Gasteiger partial charge in [0.05, 0.1) is 31.4 Å². The highest BCUT2D eigenvalue weighted by molar-refractivity contribution is 5.99. The zero-order valence-electron chi connectivity index (χ0n) is 16.7. The molecule has 11 heteroatoms. The Hall–Kier alpha value is -3.08. The Morgan fingerprint density at radius 1 is 1.07 bits per heavy atom. The van der Waals surface area contributed by atoms with Crippen molar-refractivity contribution in [3.63, 3.8) is 0 Å². The van der Waals surface area contributed by atoms with Crippen LogP contribution in [0.5, 0.6) is 0 Å². The van der Waals surface area contributed by atoms with Crippen molar-refractivity contribution in [2.75, 3.05) is 52.8 Å². The summed E-state index contributed by atoms with van der Waals surface area (Å²) in [6.07, 6.45) is -4.06. The van der Waals surface area contributed by atoms with E-state index >= 15 is 0 Å². The third-order valence-electron chi connectivity index (χ3n) is 4.49. The van der Waals surface area contributed by atoms with Crippen LogP contribution < -0.4 is 5.32 Å². The Balaban J connectivity index is 2.38. The van der Waals surface area contributed by atoms with Gasteiger partial charge in [0.1, 0.15) is 5.70 Å². The number of hydrogen-bond acceptors (Lipinski definition) is 7. The molecule has 0 saturated carbocycles. The predicted molar refractivity (Wildman–Crippen MR) is 101 cm³/mol. The highest BCUT2D eigenvalue weighted by atomic mass is 19.4. The summed E-state index contributed by atoms with van der Waals surface area (Å²) in [5.41, 5.74) is -2.22. The molecule has 1 aromatic rings. The van der Waals surface area contributed by atoms with Crippen LogP contribution in [0.15, 0.2) is 30.0 Å². The molecule has 0 atom stereocenters. The summed E-state index contributed by atoms with van der Waals surface area (Å²) >= 11 is 0. The first-order valence-electron chi connectivity index (χ1n) is 8.91. The average molecular weight is 429 g/mol. The molecule has 0 spiro atoms. The number of hydrogen-bond donors (Lipinski definition) is 1. The number of methoxy groups -OCH3 is 2. The molecule has 1 amide bonds. The number of likely N-dealkylation sites (N-methyl/N-ethyl adjacent to an activating group) is 1. The van der Waals surface area contributed by atoms with E-state index in [1.165, 1.54) is 11.0 Å². The Bertz CT molecular complexity index is 846. The first-order chi connectivity index (χ1) is 14.1. The molecule has 30 heavy (non-hydrogen) atoms. The monoisotopic (exact) mass is 429 g/mol. The number of nitrogens with one attached hydrogen (secondary N) is 1. The molecular formula is C19H22F3N3O5. The Labute approximate surface area is 171 Å². The standard InChI is InChI=1S/C19H22F3N3O5/c1-24-6-8-25(9-7-24)17(27)13-5-4-12(10-14(13)19(20,21)22)23-15(18(28)30-3)11-16(26)29-2/h4-5,10-11,23H,6-9H2,1-3H3/b15-11+. The molecule has 1 fully saturated rings. The highest BCUT2D eigenvalue weighted by Crippen LogP contribution is 2.35. The third-order valence-corrected chi connectivity index (χ3v) is 4.49. The van der Waals surface area contributed by atoms with Gasteiger partial charge in [-0.25, -0.2) is 9.59 Å². The van der Waals surface area contributed by atoms with Crippen molar-refractivity contribution in [1.29, 1.82) is 0 Å². The van der Waals surface area contributed by atoms with E-state index in [0.717, 1.165) is 26.4 Å². The fourth-order valence-corrected chi connectivity index (χ4v) is 2.81. The highest BCUT2D eigenvalue weighted by Gasteiger charge is 2.37. The van der Waals surface area contributed by atoms with Crippen molar-refractivity contribution in [2.45, 2.75) is 6.18 Å². The van der Waals surface area contributed by atoms with Crippen LogP contribution in [-0.2, 0) is 25.2 Å². The third kappa shape index (κ3) is 5.72. The maximum Gasteiger partial charge on any atom is 0.417 e. The Kier molecular flexibility index (Phi) is 7.43. The maximum atomic E-state index is 13.7. The van der Waals surface area contributed by atoms with Crippen LogP contribution in [-0.4, -0.2) is 75.1 Å². The van der Waals surface area contributed by atoms with Crippen molar-refractivity contribution in [2.24, 2.45) is 0 Å². The van der Waals surface area contributed by atoms with Crippen molar-refractivity contribution in [3.8, 4) is 0 Å². The molecule has 1 aromatic carbocycles. The summed E-state index contributed by atoms with van der Waals surface area (Å²) < 4.78 is 49.9. The summed E-state index contributed by atoms with van der Waals surface area (Å²) in [5, 5.41) is 2.41. The molecule has 0 aliphatic carbocycles. The van der Waals surface area contributed by atoms with Crippen molar-refractivity contribution in [1.82, 2.24) is 9.80 Å². The lowest BCUT2D eigenvalue weighted by Gasteiger charge is -2.33. The second-order valence-corrected chi connectivity index (χ2v) is 6.55. The van der Waals surface area contributed by atoms with Gasteiger partial charge in [0.15, 0.2) is 0 Å². The number of anilines is 1. The van der Waals surface area contributed by atoms with Crippen molar-refractivity contribution >= 4 is 23.5 Å². The molecule has 8 nitrogen and oxygen atoms in total. The van der Waals surface area contributed by atoms with E-state index < -0.39 is 40.8 Å². The molecule has 1 aliphatic rings. The van der Waals surface area contributed by atoms with Crippen LogP contribution in [0.1, 0.15) is 15.9 Å². The molecule has 0 bridgehead atoms. The van der Waals surface area contributed by atoms with E-state index in [1.807, 2.05) is 11.9 Å². The number of benzene rings is 1. The fraction of sp³-hybridized carbons (Fsp3) is 0.421. The van der Waals surface area contributed by atoms with Gasteiger partial charge in [0.2, 0.25) is 0 Å². The molecule has 0 aromatic heterocycles. The number of carbonyl (C=O) groups is 3. The minimum absolute atomic E-state index is 0.155. The maximum absolute atomic E-state index is 13.7. The SMILES string of the molecule is COC(=O)/C=C(/Nc1ccc(C(=O)N2CCN(C)CC2)c(C(F)(F)F)c1)C(=O)OC. The lowest BCUT2D eigenvalue weighted by Crippen LogP contribution is -2.47. The normalized spacial score (nSPS) is 15.5. The second-order valence-electron chi connectivity index (χ2n) is 6.55. The van der Waals surface area contributed by atoms with Crippen molar-refractivity contribution in [3.05, 3.63) is 41.1 Å². The lowest BCUT2D eigenvalue weighted by atomic mass is 10.0. The molecule has 0 radical (unpaired) electrons. The molecule has 2 rings (SSSR count). The van der Waals surface area contributed by atoms with Gasteiger partial charge in [-0.3, -0.25) is 4.79 Å². The molecule has 164 valence electrons. The van der Waals surface area contributed by atoms with Gasteiger partial charge in [0.25, 0.3) is 5.91 Å². The number of esters is 2. The van der Waals surface area contributed by atoms with Gasteiger partial charge in [-0.05, 0) is 25.2 Å². The van der Waals surface area contributed by atoms with Crippen LogP contribution in [0, 0.1) is 0 Å². The average Bonchev–Trinajstić information content (AvgIpc) is 2.71. The van der Waals surface area contributed by atoms with Gasteiger partial charge in [-0.15, -0.1) is 0 Å². The van der Waals surface area contributed by atoms with E-state index in [9.17, 15) is 27.6 Å². The van der Waals surface area contributed by atoms with Crippen molar-refractivity contribution < 1.29 is 37.0 Å². The van der Waals surface area contributed by atoms with Crippen LogP contribution in [0.3, 0.4) is 0 Å². The lowest BCUT2D eigenvalue weighted by molar-refractivity contribution is -0.138. The summed E-state index contributed by atoms with van der Waals surface area (Å²) in [5.74, 6) is -2.60. The van der Waals surface area contributed by atoms with Crippen LogP contribution in [0.4, 0.5) is 18.9 Å². The number of halogens is 3. The number of ether oxygens (including phenoxy) is 2. The van der Waals surface area contributed by atoms with E-state index in [1.54, 1.807) is 0 Å². The summed E-state index contributed by atoms with van der Waals surface area (Å²) in [4.78, 5) is 39.3. The fourth-order valence-electron chi connectivity index (χ4n) is 2.81. The van der Waals surface area contributed by atoms with Crippen LogP contribution in [0.25, 0.3) is 0 Å². The topological polar surface area (TPSA) is 88.2 Å². The Morgan fingerprint density at radius 2 is 1.70 bits per heavy atom. The smallest absolute Gasteiger partial charge is 0.417 e. The van der Waals surface area contributed by atoms with Crippen LogP contribution in [0.2, 0.25) is 0 Å². The van der Waals surface area contributed by atoms with Gasteiger partial charge in [-0.1, -0.05) is 0 Å². The summed E-state index contributed by atoms with van der Waals surface area (Å²) in [6.45, 7) is 1.77. The number of piperazine rings is 1. The van der Waals surface area contributed by atoms with E-state index in [4.69, 9.17) is 0 Å². The van der Waals surface area contributed by atoms with Gasteiger partial charge < -0.3 is 24.6 Å². The predicted octanol–water partition coefficient (Wildman–Crippen LogP) is 1.73. The second kappa shape index (κ2) is 9.61. The minimum Gasteiger partial charge on any atom is -0.466 e. The summed E-state index contributed by atoms with van der Waals surface area (Å²) in [6, 6.07) is 2.96. The first kappa shape index (κ1) is 23.2. The molecule has 1 saturated heterocycles.